The van der Waals surface area contributed by atoms with Crippen molar-refractivity contribution in [2.45, 2.75) is 18.4 Å². The highest BCUT2D eigenvalue weighted by atomic mass is 16.5. The largest absolute Gasteiger partial charge is 0.482 e. The van der Waals surface area contributed by atoms with Crippen molar-refractivity contribution in [2.75, 3.05) is 13.1 Å². The molecule has 7 nitrogen and oxygen atoms in total. The first-order chi connectivity index (χ1) is 15.1. The highest BCUT2D eigenvalue weighted by molar-refractivity contribution is 6.05. The Kier molecular flexibility index (Phi) is 3.78. The van der Waals surface area contributed by atoms with E-state index in [4.69, 9.17) is 4.74 Å². The first-order valence-electron chi connectivity index (χ1n) is 10.6. The fraction of sp³-hybridized carbons (Fsp3) is 0.292. The molecule has 0 unspecified atom stereocenters. The maximum absolute atomic E-state index is 13.4. The van der Waals surface area contributed by atoms with Gasteiger partial charge in [-0.15, -0.1) is 0 Å². The third-order valence-corrected chi connectivity index (χ3v) is 6.70. The van der Waals surface area contributed by atoms with Crippen molar-refractivity contribution in [3.63, 3.8) is 0 Å². The molecule has 0 atom stereocenters. The second-order valence-electron chi connectivity index (χ2n) is 8.44. The van der Waals surface area contributed by atoms with Crippen LogP contribution in [0.5, 0.6) is 5.75 Å². The summed E-state index contributed by atoms with van der Waals surface area (Å²) in [5.41, 5.74) is 5.28. The molecule has 2 aliphatic rings. The minimum atomic E-state index is -0.451. The van der Waals surface area contributed by atoms with Crippen LogP contribution in [0.15, 0.2) is 55.0 Å². The Labute approximate surface area is 179 Å². The van der Waals surface area contributed by atoms with Gasteiger partial charge in [0.2, 0.25) is 0 Å². The van der Waals surface area contributed by atoms with E-state index >= 15 is 0 Å². The summed E-state index contributed by atoms with van der Waals surface area (Å²) >= 11 is 0. The van der Waals surface area contributed by atoms with E-state index in [9.17, 15) is 4.79 Å². The molecule has 0 N–H and O–H groups in total. The Balaban J connectivity index is 1.32. The molecule has 6 rings (SSSR count). The van der Waals surface area contributed by atoms with Crippen LogP contribution in [0, 0.1) is 0 Å². The number of amides is 1. The minimum absolute atomic E-state index is 0.0478. The summed E-state index contributed by atoms with van der Waals surface area (Å²) in [6.07, 6.45) is 5.14. The van der Waals surface area contributed by atoms with Crippen molar-refractivity contribution in [1.82, 2.24) is 24.2 Å². The van der Waals surface area contributed by atoms with Crippen LogP contribution in [0.3, 0.4) is 0 Å². The number of benzene rings is 2. The van der Waals surface area contributed by atoms with Crippen molar-refractivity contribution >= 4 is 16.9 Å². The van der Waals surface area contributed by atoms with Gasteiger partial charge < -0.3 is 14.2 Å². The average molecular weight is 413 g/mol. The lowest BCUT2D eigenvalue weighted by Gasteiger charge is -2.44. The number of carbonyl (C=O) groups excluding carboxylic acids is 1. The van der Waals surface area contributed by atoms with Crippen LogP contribution < -0.4 is 4.74 Å². The number of aromatic nitrogens is 4. The van der Waals surface area contributed by atoms with E-state index in [0.29, 0.717) is 18.7 Å². The van der Waals surface area contributed by atoms with Crippen LogP contribution in [-0.2, 0) is 19.7 Å². The minimum Gasteiger partial charge on any atom is -0.482 e. The molecule has 0 saturated carbocycles. The molecule has 0 radical (unpaired) electrons. The molecular weight excluding hydrogens is 390 g/mol. The van der Waals surface area contributed by atoms with Crippen molar-refractivity contribution in [1.29, 1.82) is 0 Å². The fourth-order valence-electron chi connectivity index (χ4n) is 5.11. The van der Waals surface area contributed by atoms with Gasteiger partial charge in [0.15, 0.2) is 0 Å². The molecule has 156 valence electrons. The molecular formula is C24H23N5O2. The number of aryl methyl sites for hydroxylation is 2. The first-order valence-corrected chi connectivity index (χ1v) is 10.6. The average Bonchev–Trinajstić information content (AvgIpc) is 3.38. The van der Waals surface area contributed by atoms with Gasteiger partial charge in [-0.05, 0) is 24.3 Å². The van der Waals surface area contributed by atoms with Gasteiger partial charge in [0.25, 0.3) is 5.91 Å². The second kappa shape index (κ2) is 6.44. The Morgan fingerprint density at radius 2 is 1.87 bits per heavy atom. The van der Waals surface area contributed by atoms with Crippen molar-refractivity contribution < 1.29 is 9.53 Å². The van der Waals surface area contributed by atoms with Crippen LogP contribution in [0.25, 0.3) is 22.3 Å². The van der Waals surface area contributed by atoms with Gasteiger partial charge in [0.1, 0.15) is 11.4 Å². The van der Waals surface area contributed by atoms with Crippen LogP contribution in [-0.4, -0.2) is 43.2 Å². The number of ether oxygens (including phenoxy) is 1. The molecule has 0 bridgehead atoms. The van der Waals surface area contributed by atoms with Gasteiger partial charge in [-0.25, -0.2) is 4.98 Å². The van der Waals surface area contributed by atoms with E-state index in [-0.39, 0.29) is 5.91 Å². The van der Waals surface area contributed by atoms with E-state index in [0.717, 1.165) is 46.4 Å². The number of hydrogen-bond acceptors (Lipinski definition) is 4. The number of piperidine rings is 1. The highest BCUT2D eigenvalue weighted by Gasteiger charge is 2.46. The van der Waals surface area contributed by atoms with Crippen molar-refractivity contribution in [3.05, 3.63) is 66.1 Å². The van der Waals surface area contributed by atoms with E-state index in [1.807, 2.05) is 70.8 Å². The molecule has 2 aromatic carbocycles. The van der Waals surface area contributed by atoms with Gasteiger partial charge in [-0.2, -0.15) is 5.10 Å². The predicted octanol–water partition coefficient (Wildman–Crippen LogP) is 3.50. The number of carbonyl (C=O) groups is 1. The summed E-state index contributed by atoms with van der Waals surface area (Å²) < 4.78 is 10.4. The SMILES string of the molecule is Cn1ncc2c1-c1ccccc1OC21CCN(C(=O)c2cccc3ncn(C)c23)CC1. The van der Waals surface area contributed by atoms with Gasteiger partial charge in [0, 0.05) is 51.2 Å². The number of rotatable bonds is 1. The summed E-state index contributed by atoms with van der Waals surface area (Å²) in [6, 6.07) is 13.9. The van der Waals surface area contributed by atoms with Crippen molar-refractivity contribution in [3.8, 4) is 17.0 Å². The molecule has 31 heavy (non-hydrogen) atoms. The number of para-hydroxylation sites is 2. The molecule has 1 amide bonds. The Morgan fingerprint density at radius 1 is 1.06 bits per heavy atom. The molecule has 1 saturated heterocycles. The summed E-state index contributed by atoms with van der Waals surface area (Å²) in [5.74, 6) is 0.935. The third kappa shape index (κ3) is 2.55. The zero-order valence-corrected chi connectivity index (χ0v) is 17.6. The molecule has 4 aromatic rings. The summed E-state index contributed by atoms with van der Waals surface area (Å²) in [6.45, 7) is 1.26. The second-order valence-corrected chi connectivity index (χ2v) is 8.44. The zero-order chi connectivity index (χ0) is 21.2. The molecule has 0 aliphatic carbocycles. The Morgan fingerprint density at radius 3 is 2.71 bits per heavy atom. The van der Waals surface area contributed by atoms with Crippen LogP contribution in [0.4, 0.5) is 0 Å². The standard InChI is InChI=1S/C24H23N5O2/c1-27-15-25-19-8-5-7-17(22(19)27)23(30)29-12-10-24(11-13-29)18-14-26-28(2)21(18)16-6-3-4-9-20(16)31-24/h3-9,14-15H,10-13H2,1-2H3. The number of nitrogens with zero attached hydrogens (tertiary/aromatic N) is 5. The lowest BCUT2D eigenvalue weighted by molar-refractivity contribution is -0.00167. The monoisotopic (exact) mass is 413 g/mol. The lowest BCUT2D eigenvalue weighted by Crippen LogP contribution is -2.49. The zero-order valence-electron chi connectivity index (χ0n) is 17.6. The summed E-state index contributed by atoms with van der Waals surface area (Å²) in [5, 5.41) is 4.53. The lowest BCUT2D eigenvalue weighted by atomic mass is 9.81. The van der Waals surface area contributed by atoms with E-state index in [1.54, 1.807) is 6.33 Å². The highest BCUT2D eigenvalue weighted by Crippen LogP contribution is 2.49. The maximum atomic E-state index is 13.4. The number of imidazole rings is 1. The Bertz CT molecular complexity index is 1330. The van der Waals surface area contributed by atoms with Crippen LogP contribution >= 0.6 is 0 Å². The first kappa shape index (κ1) is 18.2. The van der Waals surface area contributed by atoms with Crippen molar-refractivity contribution in [2.24, 2.45) is 14.1 Å². The Hall–Kier alpha value is -3.61. The molecule has 1 fully saturated rings. The molecule has 7 heteroatoms. The topological polar surface area (TPSA) is 65.2 Å². The van der Waals surface area contributed by atoms with Gasteiger partial charge in [0.05, 0.1) is 34.8 Å². The summed E-state index contributed by atoms with van der Waals surface area (Å²) in [7, 11) is 3.90. The predicted molar refractivity (Wildman–Crippen MR) is 117 cm³/mol. The number of hydrogen-bond donors (Lipinski definition) is 0. The number of fused-ring (bicyclic) bond motifs is 5. The van der Waals surface area contributed by atoms with Gasteiger partial charge in [-0.3, -0.25) is 9.48 Å². The smallest absolute Gasteiger partial charge is 0.256 e. The third-order valence-electron chi connectivity index (χ3n) is 6.70. The van der Waals surface area contributed by atoms with Crippen LogP contribution in [0.1, 0.15) is 28.8 Å². The van der Waals surface area contributed by atoms with E-state index in [1.165, 1.54) is 0 Å². The van der Waals surface area contributed by atoms with E-state index in [2.05, 4.69) is 16.1 Å². The van der Waals surface area contributed by atoms with E-state index < -0.39 is 5.60 Å². The summed E-state index contributed by atoms with van der Waals surface area (Å²) in [4.78, 5) is 19.7. The maximum Gasteiger partial charge on any atom is 0.256 e. The fourth-order valence-corrected chi connectivity index (χ4v) is 5.11. The van der Waals surface area contributed by atoms with Gasteiger partial charge in [-0.1, -0.05) is 18.2 Å². The molecule has 2 aliphatic heterocycles. The quantitative estimate of drug-likeness (QED) is 0.479. The normalized spacial score (nSPS) is 16.8. The van der Waals surface area contributed by atoms with Gasteiger partial charge >= 0.3 is 0 Å². The molecule has 2 aromatic heterocycles. The molecule has 4 heterocycles. The number of likely N-dealkylation sites (tertiary alicyclic amines) is 1. The molecule has 1 spiro atoms. The van der Waals surface area contributed by atoms with Crippen LogP contribution in [0.2, 0.25) is 0 Å².